The van der Waals surface area contributed by atoms with Crippen molar-refractivity contribution in [3.63, 3.8) is 0 Å². The fourth-order valence-electron chi connectivity index (χ4n) is 2.11. The van der Waals surface area contributed by atoms with Crippen LogP contribution in [0.4, 0.5) is 16.2 Å². The van der Waals surface area contributed by atoms with Crippen LogP contribution in [0.3, 0.4) is 0 Å². The highest BCUT2D eigenvalue weighted by molar-refractivity contribution is 6.06. The molecule has 27 heavy (non-hydrogen) atoms. The van der Waals surface area contributed by atoms with Crippen molar-refractivity contribution in [3.05, 3.63) is 75.8 Å². The number of ketones is 1. The van der Waals surface area contributed by atoms with Crippen LogP contribution in [0, 0.1) is 10.1 Å². The zero-order chi connectivity index (χ0) is 20.0. The summed E-state index contributed by atoms with van der Waals surface area (Å²) in [5.41, 5.74) is 1.05. The van der Waals surface area contributed by atoms with Gasteiger partial charge in [0.05, 0.1) is 4.92 Å². The molecule has 0 spiro atoms. The lowest BCUT2D eigenvalue weighted by Gasteiger charge is -2.19. The van der Waals surface area contributed by atoms with E-state index in [9.17, 15) is 19.7 Å². The Morgan fingerprint density at radius 2 is 1.63 bits per heavy atom. The summed E-state index contributed by atoms with van der Waals surface area (Å²) in [6, 6.07) is 12.3. The maximum atomic E-state index is 12.1. The minimum atomic E-state index is -0.578. The number of rotatable bonds is 5. The van der Waals surface area contributed by atoms with Crippen LogP contribution in [-0.4, -0.2) is 22.4 Å². The SMILES string of the molecule is CC(C)(C)OC(=O)Nc1ccc(/C=C/C(=O)c2ccc([N+](=O)[O-])cc2)cc1. The van der Waals surface area contributed by atoms with E-state index in [4.69, 9.17) is 4.74 Å². The molecule has 2 aromatic carbocycles. The summed E-state index contributed by atoms with van der Waals surface area (Å²) in [6.07, 6.45) is 2.47. The van der Waals surface area contributed by atoms with Crippen LogP contribution in [0.1, 0.15) is 36.7 Å². The molecule has 0 fully saturated rings. The van der Waals surface area contributed by atoms with E-state index in [1.807, 2.05) is 0 Å². The first-order chi connectivity index (χ1) is 12.6. The Bertz CT molecular complexity index is 863. The van der Waals surface area contributed by atoms with Crippen molar-refractivity contribution in [1.29, 1.82) is 0 Å². The van der Waals surface area contributed by atoms with Crippen molar-refractivity contribution in [2.45, 2.75) is 26.4 Å². The van der Waals surface area contributed by atoms with Gasteiger partial charge in [-0.2, -0.15) is 0 Å². The van der Waals surface area contributed by atoms with Crippen LogP contribution in [0.15, 0.2) is 54.6 Å². The van der Waals surface area contributed by atoms with Crippen LogP contribution in [0.2, 0.25) is 0 Å². The summed E-state index contributed by atoms with van der Waals surface area (Å²) >= 11 is 0. The van der Waals surface area contributed by atoms with Gasteiger partial charge in [0.1, 0.15) is 5.60 Å². The first kappa shape index (κ1) is 19.8. The topological polar surface area (TPSA) is 98.5 Å². The molecule has 0 aliphatic carbocycles. The normalized spacial score (nSPS) is 11.2. The molecule has 0 saturated heterocycles. The predicted octanol–water partition coefficient (Wildman–Crippen LogP) is 4.84. The average molecular weight is 368 g/mol. The van der Waals surface area contributed by atoms with Crippen molar-refractivity contribution >= 4 is 29.3 Å². The van der Waals surface area contributed by atoms with E-state index in [0.29, 0.717) is 11.3 Å². The Hall–Kier alpha value is -3.48. The molecule has 0 aliphatic rings. The second-order valence-electron chi connectivity index (χ2n) is 6.75. The number of ether oxygens (including phenoxy) is 1. The number of nitro benzene ring substituents is 1. The molecule has 1 amide bonds. The third-order valence-electron chi connectivity index (χ3n) is 3.35. The van der Waals surface area contributed by atoms with E-state index in [0.717, 1.165) is 5.56 Å². The first-order valence-corrected chi connectivity index (χ1v) is 8.21. The fourth-order valence-corrected chi connectivity index (χ4v) is 2.11. The van der Waals surface area contributed by atoms with E-state index in [1.165, 1.54) is 30.3 Å². The van der Waals surface area contributed by atoms with E-state index in [-0.39, 0.29) is 11.5 Å². The van der Waals surface area contributed by atoms with Crippen molar-refractivity contribution in [3.8, 4) is 0 Å². The van der Waals surface area contributed by atoms with E-state index in [2.05, 4.69) is 5.32 Å². The number of hydrogen-bond acceptors (Lipinski definition) is 5. The van der Waals surface area contributed by atoms with Gasteiger partial charge in [-0.25, -0.2) is 4.79 Å². The summed E-state index contributed by atoms with van der Waals surface area (Å²) < 4.78 is 5.17. The number of amides is 1. The Balaban J connectivity index is 1.98. The average Bonchev–Trinajstić information content (AvgIpc) is 2.59. The van der Waals surface area contributed by atoms with Gasteiger partial charge in [-0.15, -0.1) is 0 Å². The molecule has 0 unspecified atom stereocenters. The molecule has 2 aromatic rings. The van der Waals surface area contributed by atoms with Crippen molar-refractivity contribution in [2.24, 2.45) is 0 Å². The lowest BCUT2D eigenvalue weighted by atomic mass is 10.1. The van der Waals surface area contributed by atoms with E-state index < -0.39 is 16.6 Å². The third-order valence-corrected chi connectivity index (χ3v) is 3.35. The molecule has 0 bridgehead atoms. The van der Waals surface area contributed by atoms with Gasteiger partial charge in [-0.3, -0.25) is 20.2 Å². The molecule has 0 aromatic heterocycles. The number of hydrogen-bond donors (Lipinski definition) is 1. The molecule has 2 rings (SSSR count). The molecule has 140 valence electrons. The van der Waals surface area contributed by atoms with Crippen molar-refractivity contribution in [2.75, 3.05) is 5.32 Å². The van der Waals surface area contributed by atoms with Crippen LogP contribution in [-0.2, 0) is 4.74 Å². The number of anilines is 1. The number of carbonyl (C=O) groups is 2. The summed E-state index contributed by atoms with van der Waals surface area (Å²) in [7, 11) is 0. The predicted molar refractivity (Wildman–Crippen MR) is 103 cm³/mol. The summed E-state index contributed by atoms with van der Waals surface area (Å²) in [4.78, 5) is 33.9. The van der Waals surface area contributed by atoms with Crippen LogP contribution >= 0.6 is 0 Å². The van der Waals surface area contributed by atoms with E-state index in [1.54, 1.807) is 51.1 Å². The highest BCUT2D eigenvalue weighted by Crippen LogP contribution is 2.15. The molecule has 7 heteroatoms. The number of allylic oxidation sites excluding steroid dienone is 1. The smallest absolute Gasteiger partial charge is 0.412 e. The second kappa shape index (κ2) is 8.27. The highest BCUT2D eigenvalue weighted by Gasteiger charge is 2.16. The number of nitrogens with one attached hydrogen (secondary N) is 1. The molecular formula is C20H20N2O5. The molecule has 0 radical (unpaired) electrons. The second-order valence-corrected chi connectivity index (χ2v) is 6.75. The lowest BCUT2D eigenvalue weighted by molar-refractivity contribution is -0.384. The molecular weight excluding hydrogens is 348 g/mol. The maximum absolute atomic E-state index is 12.1. The minimum absolute atomic E-state index is 0.0661. The third kappa shape index (κ3) is 6.39. The summed E-state index contributed by atoms with van der Waals surface area (Å²) in [6.45, 7) is 5.34. The zero-order valence-corrected chi connectivity index (χ0v) is 15.3. The number of carbonyl (C=O) groups excluding carboxylic acids is 2. The number of nitro groups is 1. The monoisotopic (exact) mass is 368 g/mol. The van der Waals surface area contributed by atoms with Gasteiger partial charge in [0.2, 0.25) is 0 Å². The van der Waals surface area contributed by atoms with Gasteiger partial charge in [-0.1, -0.05) is 18.2 Å². The Labute approximate surface area is 156 Å². The summed E-state index contributed by atoms with van der Waals surface area (Å²) in [5, 5.41) is 13.3. The Morgan fingerprint density at radius 3 is 2.15 bits per heavy atom. The lowest BCUT2D eigenvalue weighted by Crippen LogP contribution is -2.27. The van der Waals surface area contributed by atoms with Gasteiger partial charge in [0.15, 0.2) is 5.78 Å². The summed E-state index contributed by atoms with van der Waals surface area (Å²) in [5.74, 6) is -0.263. The number of non-ortho nitro benzene ring substituents is 1. The quantitative estimate of drug-likeness (QED) is 0.352. The van der Waals surface area contributed by atoms with Crippen LogP contribution in [0.5, 0.6) is 0 Å². The van der Waals surface area contributed by atoms with Gasteiger partial charge >= 0.3 is 6.09 Å². The number of nitrogens with zero attached hydrogens (tertiary/aromatic N) is 1. The first-order valence-electron chi connectivity index (χ1n) is 8.21. The molecule has 1 N–H and O–H groups in total. The van der Waals surface area contributed by atoms with Crippen LogP contribution < -0.4 is 5.32 Å². The molecule has 0 heterocycles. The molecule has 0 atom stereocenters. The highest BCUT2D eigenvalue weighted by atomic mass is 16.6. The minimum Gasteiger partial charge on any atom is -0.444 e. The Kier molecular flexibility index (Phi) is 6.07. The van der Waals surface area contributed by atoms with Gasteiger partial charge in [0.25, 0.3) is 5.69 Å². The maximum Gasteiger partial charge on any atom is 0.412 e. The zero-order valence-electron chi connectivity index (χ0n) is 15.3. The van der Waals surface area contributed by atoms with Gasteiger partial charge < -0.3 is 4.74 Å². The largest absolute Gasteiger partial charge is 0.444 e. The van der Waals surface area contributed by atoms with Crippen LogP contribution in [0.25, 0.3) is 6.08 Å². The molecule has 7 nitrogen and oxygen atoms in total. The van der Waals surface area contributed by atoms with Gasteiger partial charge in [0, 0.05) is 23.4 Å². The fraction of sp³-hybridized carbons (Fsp3) is 0.200. The number of benzene rings is 2. The molecule has 0 aliphatic heterocycles. The van der Waals surface area contributed by atoms with Crippen molar-refractivity contribution in [1.82, 2.24) is 0 Å². The Morgan fingerprint density at radius 1 is 1.04 bits per heavy atom. The van der Waals surface area contributed by atoms with Crippen molar-refractivity contribution < 1.29 is 19.2 Å². The molecule has 0 saturated carbocycles. The standard InChI is InChI=1S/C20H20N2O5/c1-20(2,3)27-19(24)21-16-9-4-14(5-10-16)6-13-18(23)15-7-11-17(12-8-15)22(25)26/h4-13H,1-3H3,(H,21,24)/b13-6+. The van der Waals surface area contributed by atoms with E-state index >= 15 is 0 Å². The van der Waals surface area contributed by atoms with Gasteiger partial charge in [-0.05, 0) is 56.7 Å².